The molecular formula is C9H10ClN3OS. The SMILES string of the molecule is [O-][NH+]1CNC(S)N=C1c1ccc(Cl)cc1. The number of aliphatic imine (C=N–C) groups is 1. The molecule has 0 fully saturated rings. The van der Waals surface area contributed by atoms with Crippen molar-refractivity contribution < 1.29 is 5.06 Å². The van der Waals surface area contributed by atoms with Gasteiger partial charge in [-0.3, -0.25) is 0 Å². The average Bonchev–Trinajstić information content (AvgIpc) is 2.23. The largest absolute Gasteiger partial charge is 0.627 e. The number of nitrogens with zero attached hydrogens (tertiary/aromatic N) is 1. The lowest BCUT2D eigenvalue weighted by Gasteiger charge is -2.29. The van der Waals surface area contributed by atoms with Crippen molar-refractivity contribution in [3.05, 3.63) is 40.1 Å². The van der Waals surface area contributed by atoms with Crippen molar-refractivity contribution in [1.82, 2.24) is 5.32 Å². The van der Waals surface area contributed by atoms with Gasteiger partial charge in [-0.25, -0.2) is 10.3 Å². The zero-order valence-electron chi connectivity index (χ0n) is 7.77. The quantitative estimate of drug-likeness (QED) is 0.489. The number of hydroxylamine groups is 2. The van der Waals surface area contributed by atoms with Crippen molar-refractivity contribution in [2.75, 3.05) is 6.67 Å². The Morgan fingerprint density at radius 1 is 1.47 bits per heavy atom. The zero-order chi connectivity index (χ0) is 10.8. The summed E-state index contributed by atoms with van der Waals surface area (Å²) >= 11 is 9.92. The van der Waals surface area contributed by atoms with E-state index in [1.165, 1.54) is 0 Å². The number of hydrogen-bond acceptors (Lipinski definition) is 4. The third kappa shape index (κ3) is 2.50. The van der Waals surface area contributed by atoms with Crippen LogP contribution in [-0.2, 0) is 0 Å². The van der Waals surface area contributed by atoms with Gasteiger partial charge in [0, 0.05) is 5.02 Å². The van der Waals surface area contributed by atoms with Crippen LogP contribution in [0.3, 0.4) is 0 Å². The Bertz CT molecular complexity index is 381. The number of nitrogens with one attached hydrogen (secondary N) is 2. The maximum Gasteiger partial charge on any atom is 0.232 e. The molecule has 1 aliphatic rings. The van der Waals surface area contributed by atoms with Crippen LogP contribution in [0.2, 0.25) is 5.02 Å². The van der Waals surface area contributed by atoms with Gasteiger partial charge in [-0.05, 0) is 24.3 Å². The number of rotatable bonds is 1. The number of thiol groups is 1. The molecular weight excluding hydrogens is 234 g/mol. The fraction of sp³-hybridized carbons (Fsp3) is 0.222. The Hall–Kier alpha value is -0.590. The van der Waals surface area contributed by atoms with E-state index in [1.54, 1.807) is 24.3 Å². The van der Waals surface area contributed by atoms with Crippen LogP contribution in [-0.4, -0.2) is 18.0 Å². The number of halogens is 1. The molecule has 0 saturated heterocycles. The molecule has 15 heavy (non-hydrogen) atoms. The summed E-state index contributed by atoms with van der Waals surface area (Å²) in [5.74, 6) is 0.463. The molecule has 0 bridgehead atoms. The molecule has 4 nitrogen and oxygen atoms in total. The van der Waals surface area contributed by atoms with Crippen LogP contribution < -0.4 is 10.4 Å². The molecule has 1 aliphatic heterocycles. The van der Waals surface area contributed by atoms with Gasteiger partial charge < -0.3 is 10.3 Å². The van der Waals surface area contributed by atoms with Gasteiger partial charge in [0.1, 0.15) is 6.67 Å². The highest BCUT2D eigenvalue weighted by Crippen LogP contribution is 2.10. The van der Waals surface area contributed by atoms with E-state index >= 15 is 0 Å². The van der Waals surface area contributed by atoms with Crippen molar-refractivity contribution in [3.8, 4) is 0 Å². The highest BCUT2D eigenvalue weighted by molar-refractivity contribution is 7.80. The summed E-state index contributed by atoms with van der Waals surface area (Å²) in [5.41, 5.74) is 0.471. The molecule has 0 aromatic heterocycles. The van der Waals surface area contributed by atoms with Crippen LogP contribution in [0.5, 0.6) is 0 Å². The molecule has 1 aromatic rings. The third-order valence-electron chi connectivity index (χ3n) is 2.08. The molecule has 2 rings (SSSR count). The van der Waals surface area contributed by atoms with E-state index in [1.807, 2.05) is 0 Å². The highest BCUT2D eigenvalue weighted by atomic mass is 35.5. The summed E-state index contributed by atoms with van der Waals surface area (Å²) < 4.78 is 0. The number of quaternary nitrogens is 1. The van der Waals surface area contributed by atoms with Crippen molar-refractivity contribution in [3.63, 3.8) is 0 Å². The summed E-state index contributed by atoms with van der Waals surface area (Å²) in [5, 5.41) is 15.0. The summed E-state index contributed by atoms with van der Waals surface area (Å²) in [4.78, 5) is 4.14. The van der Waals surface area contributed by atoms with E-state index in [4.69, 9.17) is 11.6 Å². The Morgan fingerprint density at radius 3 is 2.80 bits per heavy atom. The summed E-state index contributed by atoms with van der Waals surface area (Å²) in [6.45, 7) is 0.273. The van der Waals surface area contributed by atoms with Gasteiger partial charge in [-0.1, -0.05) is 11.6 Å². The smallest absolute Gasteiger partial charge is 0.232 e. The number of hydrogen-bond donors (Lipinski definition) is 3. The van der Waals surface area contributed by atoms with E-state index < -0.39 is 0 Å². The zero-order valence-corrected chi connectivity index (χ0v) is 9.42. The molecule has 1 aromatic carbocycles. The normalized spacial score (nSPS) is 26.2. The van der Waals surface area contributed by atoms with Gasteiger partial charge >= 0.3 is 0 Å². The lowest BCUT2D eigenvalue weighted by Crippen LogP contribution is -3.13. The standard InChI is InChI=1S/C9H10ClN3OS/c10-7-3-1-6(2-4-7)8-12-9(15)11-5-13(8)14/h1-4,9,11,13,15H,5H2. The first-order valence-electron chi connectivity index (χ1n) is 4.45. The molecule has 0 saturated carbocycles. The maximum atomic E-state index is 11.6. The molecule has 0 aliphatic carbocycles. The van der Waals surface area contributed by atoms with Gasteiger partial charge in [0.25, 0.3) is 0 Å². The highest BCUT2D eigenvalue weighted by Gasteiger charge is 2.19. The molecule has 80 valence electrons. The average molecular weight is 244 g/mol. The van der Waals surface area contributed by atoms with Crippen LogP contribution >= 0.6 is 24.2 Å². The summed E-state index contributed by atoms with van der Waals surface area (Å²) in [6.07, 6.45) is 0. The van der Waals surface area contributed by atoms with Crippen LogP contribution in [0.25, 0.3) is 0 Å². The molecule has 1 heterocycles. The van der Waals surface area contributed by atoms with E-state index in [-0.39, 0.29) is 17.2 Å². The minimum atomic E-state index is -0.312. The molecule has 6 heteroatoms. The second-order valence-electron chi connectivity index (χ2n) is 3.16. The maximum absolute atomic E-state index is 11.6. The molecule has 0 spiro atoms. The molecule has 2 atom stereocenters. The third-order valence-corrected chi connectivity index (χ3v) is 2.63. The topological polar surface area (TPSA) is 51.9 Å². The van der Waals surface area contributed by atoms with E-state index in [2.05, 4.69) is 22.9 Å². The lowest BCUT2D eigenvalue weighted by molar-refractivity contribution is -0.753. The minimum absolute atomic E-state index is 0.0253. The van der Waals surface area contributed by atoms with E-state index in [0.717, 1.165) is 5.56 Å². The monoisotopic (exact) mass is 243 g/mol. The Labute approximate surface area is 97.9 Å². The summed E-state index contributed by atoms with van der Waals surface area (Å²) in [7, 11) is 0. The first kappa shape index (κ1) is 10.9. The minimum Gasteiger partial charge on any atom is -0.627 e. The van der Waals surface area contributed by atoms with Crippen molar-refractivity contribution in [2.24, 2.45) is 4.99 Å². The lowest BCUT2D eigenvalue weighted by atomic mass is 10.2. The fourth-order valence-corrected chi connectivity index (χ4v) is 1.68. The van der Waals surface area contributed by atoms with E-state index in [0.29, 0.717) is 10.9 Å². The van der Waals surface area contributed by atoms with Crippen molar-refractivity contribution in [2.45, 2.75) is 5.50 Å². The van der Waals surface area contributed by atoms with Crippen LogP contribution in [0.15, 0.2) is 29.3 Å². The fourth-order valence-electron chi connectivity index (χ4n) is 1.35. The van der Waals surface area contributed by atoms with E-state index in [9.17, 15) is 5.21 Å². The predicted molar refractivity (Wildman–Crippen MR) is 63.1 cm³/mol. The van der Waals surface area contributed by atoms with Gasteiger partial charge in [0.2, 0.25) is 5.84 Å². The Balaban J connectivity index is 2.32. The Morgan fingerprint density at radius 2 is 2.13 bits per heavy atom. The van der Waals surface area contributed by atoms with Crippen molar-refractivity contribution >= 4 is 30.1 Å². The van der Waals surface area contributed by atoms with Crippen LogP contribution in [0.1, 0.15) is 5.56 Å². The van der Waals surface area contributed by atoms with Gasteiger partial charge in [-0.2, -0.15) is 0 Å². The molecule has 2 unspecified atom stereocenters. The second-order valence-corrected chi connectivity index (χ2v) is 4.09. The van der Waals surface area contributed by atoms with Gasteiger partial charge in [0.05, 0.1) is 5.56 Å². The molecule has 0 amide bonds. The Kier molecular flexibility index (Phi) is 3.28. The van der Waals surface area contributed by atoms with Crippen molar-refractivity contribution in [1.29, 1.82) is 0 Å². The van der Waals surface area contributed by atoms with Gasteiger partial charge in [0.15, 0.2) is 5.50 Å². The molecule has 0 radical (unpaired) electrons. The predicted octanol–water partition coefficient (Wildman–Crippen LogP) is 0.243. The summed E-state index contributed by atoms with van der Waals surface area (Å²) in [6, 6.07) is 7.04. The first-order chi connectivity index (χ1) is 7.16. The van der Waals surface area contributed by atoms with Gasteiger partial charge in [-0.15, -0.1) is 12.6 Å². The first-order valence-corrected chi connectivity index (χ1v) is 5.34. The molecule has 2 N–H and O–H groups in total. The second kappa shape index (κ2) is 4.51. The van der Waals surface area contributed by atoms with Crippen LogP contribution in [0.4, 0.5) is 0 Å². The van der Waals surface area contributed by atoms with Crippen LogP contribution in [0, 0.1) is 5.21 Å². The number of amidine groups is 1. The number of benzene rings is 1.